The lowest BCUT2D eigenvalue weighted by Gasteiger charge is -2.37. The Kier molecular flexibility index (Phi) is 4.49. The summed E-state index contributed by atoms with van der Waals surface area (Å²) >= 11 is 0. The van der Waals surface area contributed by atoms with E-state index in [-0.39, 0.29) is 18.7 Å². The number of likely N-dealkylation sites (tertiary alicyclic amines) is 1. The molecule has 2 unspecified atom stereocenters. The molecule has 1 heterocycles. The van der Waals surface area contributed by atoms with Crippen LogP contribution < -0.4 is 0 Å². The van der Waals surface area contributed by atoms with Crippen molar-refractivity contribution in [1.29, 1.82) is 0 Å². The van der Waals surface area contributed by atoms with E-state index in [1.165, 1.54) is 4.90 Å². The van der Waals surface area contributed by atoms with Crippen molar-refractivity contribution in [3.8, 4) is 0 Å². The Morgan fingerprint density at radius 2 is 2.00 bits per heavy atom. The maximum Gasteiger partial charge on any atom is 0.411 e. The van der Waals surface area contributed by atoms with Crippen molar-refractivity contribution < 1.29 is 19.4 Å². The van der Waals surface area contributed by atoms with Gasteiger partial charge in [-0.15, -0.1) is 0 Å². The molecule has 130 valence electrons. The largest absolute Gasteiger partial charge is 0.479 e. The number of rotatable bonds is 5. The van der Waals surface area contributed by atoms with Gasteiger partial charge < -0.3 is 14.7 Å². The molecule has 2 atom stereocenters. The van der Waals surface area contributed by atoms with Gasteiger partial charge in [0.15, 0.2) is 5.54 Å². The fourth-order valence-electron chi connectivity index (χ4n) is 3.50. The zero-order valence-electron chi connectivity index (χ0n) is 14.1. The van der Waals surface area contributed by atoms with Gasteiger partial charge in [-0.2, -0.15) is 0 Å². The minimum atomic E-state index is -1.19. The number of hydrogen-bond acceptors (Lipinski definition) is 4. The van der Waals surface area contributed by atoms with Crippen molar-refractivity contribution in [1.82, 2.24) is 9.80 Å². The minimum Gasteiger partial charge on any atom is -0.479 e. The average Bonchev–Trinajstić information content (AvgIpc) is 3.33. The molecule has 1 aliphatic carbocycles. The van der Waals surface area contributed by atoms with Gasteiger partial charge >= 0.3 is 12.1 Å². The van der Waals surface area contributed by atoms with Crippen molar-refractivity contribution >= 4 is 12.1 Å². The highest BCUT2D eigenvalue weighted by Gasteiger charge is 2.57. The van der Waals surface area contributed by atoms with Gasteiger partial charge in [0.1, 0.15) is 6.61 Å². The molecule has 2 fully saturated rings. The van der Waals surface area contributed by atoms with E-state index < -0.39 is 17.6 Å². The molecule has 1 aromatic carbocycles. The van der Waals surface area contributed by atoms with E-state index in [0.29, 0.717) is 13.0 Å². The molecule has 6 heteroatoms. The molecule has 2 aliphatic rings. The predicted molar refractivity (Wildman–Crippen MR) is 88.6 cm³/mol. The van der Waals surface area contributed by atoms with E-state index in [1.54, 1.807) is 0 Å². The molecule has 1 aliphatic heterocycles. The lowest BCUT2D eigenvalue weighted by molar-refractivity contribution is -0.150. The van der Waals surface area contributed by atoms with Gasteiger partial charge in [-0.1, -0.05) is 30.3 Å². The number of carbonyl (C=O) groups excluding carboxylic acids is 1. The van der Waals surface area contributed by atoms with Gasteiger partial charge in [-0.3, -0.25) is 4.90 Å². The zero-order valence-corrected chi connectivity index (χ0v) is 14.1. The number of carboxylic acid groups (broad SMARTS) is 1. The standard InChI is InChI=1S/C18H24N2O4/c1-13-10-18(16(21)22,12-19(13)2)20(15-8-9-15)17(23)24-11-14-6-4-3-5-7-14/h3-7,13,15H,8-12H2,1-2H3,(H,21,22). The number of aliphatic carboxylic acids is 1. The Bertz CT molecular complexity index is 605. The Morgan fingerprint density at radius 1 is 1.33 bits per heavy atom. The van der Waals surface area contributed by atoms with Gasteiger partial charge in [0, 0.05) is 18.6 Å². The summed E-state index contributed by atoms with van der Waals surface area (Å²) in [5.41, 5.74) is -0.300. The minimum absolute atomic E-state index is 0.0249. The molecule has 3 rings (SSSR count). The monoisotopic (exact) mass is 332 g/mol. The molecule has 24 heavy (non-hydrogen) atoms. The normalized spacial score (nSPS) is 27.0. The highest BCUT2D eigenvalue weighted by atomic mass is 16.6. The Hall–Kier alpha value is -2.08. The molecular formula is C18H24N2O4. The summed E-state index contributed by atoms with van der Waals surface area (Å²) in [5, 5.41) is 9.90. The van der Waals surface area contributed by atoms with Gasteiger partial charge in [0.05, 0.1) is 0 Å². The molecule has 0 radical (unpaired) electrons. The van der Waals surface area contributed by atoms with Crippen LogP contribution in [0, 0.1) is 0 Å². The highest BCUT2D eigenvalue weighted by molar-refractivity contribution is 5.85. The Balaban J connectivity index is 1.78. The van der Waals surface area contributed by atoms with Crippen LogP contribution in [0.3, 0.4) is 0 Å². The number of likely N-dealkylation sites (N-methyl/N-ethyl adjacent to an activating group) is 1. The number of ether oxygens (including phenoxy) is 1. The van der Waals surface area contributed by atoms with Crippen LogP contribution in [-0.2, 0) is 16.1 Å². The SMILES string of the molecule is CC1CC(C(=O)O)(N(C(=O)OCc2ccccc2)C2CC2)CN1C. The molecule has 1 saturated carbocycles. The number of carbonyl (C=O) groups is 2. The molecule has 1 aromatic rings. The maximum atomic E-state index is 12.7. The quantitative estimate of drug-likeness (QED) is 0.896. The summed E-state index contributed by atoms with van der Waals surface area (Å²) in [6.45, 7) is 2.48. The molecule has 0 spiro atoms. The van der Waals surface area contributed by atoms with Crippen molar-refractivity contribution in [3.05, 3.63) is 35.9 Å². The number of nitrogens with zero attached hydrogens (tertiary/aromatic N) is 2. The first-order valence-corrected chi connectivity index (χ1v) is 8.38. The first-order chi connectivity index (χ1) is 11.4. The maximum absolute atomic E-state index is 12.7. The first-order valence-electron chi connectivity index (χ1n) is 8.38. The van der Waals surface area contributed by atoms with Gasteiger partial charge in [0.25, 0.3) is 0 Å². The zero-order chi connectivity index (χ0) is 17.3. The average molecular weight is 332 g/mol. The molecule has 0 bridgehead atoms. The Morgan fingerprint density at radius 3 is 2.50 bits per heavy atom. The smallest absolute Gasteiger partial charge is 0.411 e. The third-order valence-electron chi connectivity index (χ3n) is 5.07. The summed E-state index contributed by atoms with van der Waals surface area (Å²) < 4.78 is 5.45. The van der Waals surface area contributed by atoms with Crippen LogP contribution in [0.5, 0.6) is 0 Å². The number of amides is 1. The number of hydrogen-bond donors (Lipinski definition) is 1. The molecule has 1 N–H and O–H groups in total. The van der Waals surface area contributed by atoms with E-state index >= 15 is 0 Å². The van der Waals surface area contributed by atoms with Crippen LogP contribution in [0.25, 0.3) is 0 Å². The van der Waals surface area contributed by atoms with Crippen LogP contribution >= 0.6 is 0 Å². The second-order valence-corrected chi connectivity index (χ2v) is 6.95. The first kappa shape index (κ1) is 16.8. The molecule has 1 saturated heterocycles. The molecule has 0 aromatic heterocycles. The third kappa shape index (κ3) is 3.11. The fraction of sp³-hybridized carbons (Fsp3) is 0.556. The second kappa shape index (κ2) is 6.43. The van der Waals surface area contributed by atoms with Crippen molar-refractivity contribution in [2.24, 2.45) is 0 Å². The van der Waals surface area contributed by atoms with Crippen molar-refractivity contribution in [2.75, 3.05) is 13.6 Å². The topological polar surface area (TPSA) is 70.1 Å². The van der Waals surface area contributed by atoms with E-state index in [1.807, 2.05) is 49.2 Å². The van der Waals surface area contributed by atoms with Crippen LogP contribution in [0.1, 0.15) is 31.7 Å². The predicted octanol–water partition coefficient (Wildman–Crippen LogP) is 2.34. The number of benzene rings is 1. The summed E-state index contributed by atoms with van der Waals surface area (Å²) in [6.07, 6.45) is 1.59. The summed E-state index contributed by atoms with van der Waals surface area (Å²) in [4.78, 5) is 28.3. The van der Waals surface area contributed by atoms with Gasteiger partial charge in [-0.05, 0) is 38.8 Å². The van der Waals surface area contributed by atoms with Crippen LogP contribution in [-0.4, -0.2) is 58.2 Å². The van der Waals surface area contributed by atoms with Crippen LogP contribution in [0.2, 0.25) is 0 Å². The van der Waals surface area contributed by atoms with Crippen LogP contribution in [0.15, 0.2) is 30.3 Å². The number of carboxylic acids is 1. The summed E-state index contributed by atoms with van der Waals surface area (Å²) in [6, 6.07) is 9.52. The third-order valence-corrected chi connectivity index (χ3v) is 5.07. The molecule has 6 nitrogen and oxygen atoms in total. The van der Waals surface area contributed by atoms with E-state index in [4.69, 9.17) is 4.74 Å². The van der Waals surface area contributed by atoms with E-state index in [0.717, 1.165) is 18.4 Å². The van der Waals surface area contributed by atoms with E-state index in [9.17, 15) is 14.7 Å². The fourth-order valence-corrected chi connectivity index (χ4v) is 3.50. The van der Waals surface area contributed by atoms with E-state index in [2.05, 4.69) is 0 Å². The second-order valence-electron chi connectivity index (χ2n) is 6.95. The lowest BCUT2D eigenvalue weighted by atomic mass is 9.94. The summed E-state index contributed by atoms with van der Waals surface area (Å²) in [7, 11) is 1.90. The van der Waals surface area contributed by atoms with Crippen molar-refractivity contribution in [3.63, 3.8) is 0 Å². The van der Waals surface area contributed by atoms with Crippen LogP contribution in [0.4, 0.5) is 4.79 Å². The van der Waals surface area contributed by atoms with Gasteiger partial charge in [0.2, 0.25) is 0 Å². The Labute approximate surface area is 142 Å². The highest BCUT2D eigenvalue weighted by Crippen LogP contribution is 2.40. The molecule has 1 amide bonds. The lowest BCUT2D eigenvalue weighted by Crippen LogP contribution is -2.59. The summed E-state index contributed by atoms with van der Waals surface area (Å²) in [5.74, 6) is -0.942. The van der Waals surface area contributed by atoms with Crippen molar-refractivity contribution in [2.45, 2.75) is 50.4 Å². The molecular weight excluding hydrogens is 308 g/mol. The van der Waals surface area contributed by atoms with Gasteiger partial charge in [-0.25, -0.2) is 9.59 Å².